The Bertz CT molecular complexity index is 233. The van der Waals surface area contributed by atoms with Crippen LogP contribution in [0, 0.1) is 13.0 Å². The van der Waals surface area contributed by atoms with E-state index in [4.69, 9.17) is 5.11 Å². The summed E-state index contributed by atoms with van der Waals surface area (Å²) in [6.45, 7) is 1.66. The minimum atomic E-state index is -0.761. The van der Waals surface area contributed by atoms with Crippen molar-refractivity contribution in [3.63, 3.8) is 0 Å². The summed E-state index contributed by atoms with van der Waals surface area (Å²) in [4.78, 5) is 0. The predicted octanol–water partition coefficient (Wildman–Crippen LogP) is 0.821. The first-order valence-electron chi connectivity index (χ1n) is 3.51. The van der Waals surface area contributed by atoms with Gasteiger partial charge in [-0.3, -0.25) is 0 Å². The molecular formula is C9H11O2. The average Bonchev–Trinajstić information content (AvgIpc) is 2.03. The van der Waals surface area contributed by atoms with Gasteiger partial charge in [0.1, 0.15) is 6.10 Å². The van der Waals surface area contributed by atoms with Crippen molar-refractivity contribution in [2.45, 2.75) is 13.0 Å². The zero-order chi connectivity index (χ0) is 8.27. The summed E-state index contributed by atoms with van der Waals surface area (Å²) in [6.07, 6.45) is -0.761. The molecule has 1 aromatic carbocycles. The molecule has 0 heterocycles. The predicted molar refractivity (Wildman–Crippen MR) is 42.1 cm³/mol. The summed E-state index contributed by atoms with van der Waals surface area (Å²) in [5.74, 6) is 0. The van der Waals surface area contributed by atoms with E-state index in [1.54, 1.807) is 18.2 Å². The van der Waals surface area contributed by atoms with Crippen molar-refractivity contribution in [1.82, 2.24) is 0 Å². The highest BCUT2D eigenvalue weighted by atomic mass is 16.3. The number of aliphatic hydroxyl groups excluding tert-OH is 2. The second-order valence-corrected chi connectivity index (χ2v) is 2.50. The summed E-state index contributed by atoms with van der Waals surface area (Å²) < 4.78 is 0. The van der Waals surface area contributed by atoms with Gasteiger partial charge in [0, 0.05) is 0 Å². The first-order chi connectivity index (χ1) is 5.24. The lowest BCUT2D eigenvalue weighted by Gasteiger charge is -2.06. The van der Waals surface area contributed by atoms with Gasteiger partial charge in [0.05, 0.1) is 6.61 Å². The molecule has 0 amide bonds. The minimum Gasteiger partial charge on any atom is -0.393 e. The fourth-order valence-electron chi connectivity index (χ4n) is 0.922. The van der Waals surface area contributed by atoms with Crippen LogP contribution in [0.25, 0.3) is 0 Å². The van der Waals surface area contributed by atoms with Gasteiger partial charge in [-0.1, -0.05) is 18.2 Å². The Labute approximate surface area is 66.1 Å². The molecule has 0 unspecified atom stereocenters. The second-order valence-electron chi connectivity index (χ2n) is 2.50. The van der Waals surface area contributed by atoms with E-state index in [9.17, 15) is 5.11 Å². The van der Waals surface area contributed by atoms with Crippen LogP contribution in [0.1, 0.15) is 17.2 Å². The number of aryl methyl sites for hydroxylation is 1. The summed E-state index contributed by atoms with van der Waals surface area (Å²) in [5, 5.41) is 17.8. The fraction of sp³-hybridized carbons (Fsp3) is 0.333. The number of benzene rings is 1. The maximum absolute atomic E-state index is 9.19. The van der Waals surface area contributed by atoms with E-state index < -0.39 is 6.10 Å². The number of hydrogen-bond donors (Lipinski definition) is 2. The highest BCUT2D eigenvalue weighted by molar-refractivity contribution is 5.22. The van der Waals surface area contributed by atoms with Gasteiger partial charge in [-0.2, -0.15) is 0 Å². The van der Waals surface area contributed by atoms with Crippen LogP contribution in [-0.2, 0) is 0 Å². The van der Waals surface area contributed by atoms with Crippen LogP contribution >= 0.6 is 0 Å². The third-order valence-corrected chi connectivity index (χ3v) is 1.53. The highest BCUT2D eigenvalue weighted by Gasteiger charge is 2.03. The normalized spacial score (nSPS) is 13.0. The molecule has 1 aromatic rings. The van der Waals surface area contributed by atoms with E-state index in [0.717, 1.165) is 11.1 Å². The molecule has 0 saturated heterocycles. The molecule has 0 bridgehead atoms. The highest BCUT2D eigenvalue weighted by Crippen LogP contribution is 2.12. The SMILES string of the molecule is Cc1[c]ccc([C@H](O)CO)c1. The Balaban J connectivity index is 2.86. The van der Waals surface area contributed by atoms with E-state index in [1.807, 2.05) is 6.92 Å². The van der Waals surface area contributed by atoms with E-state index in [-0.39, 0.29) is 6.61 Å². The molecule has 2 N–H and O–H groups in total. The Kier molecular flexibility index (Phi) is 2.63. The van der Waals surface area contributed by atoms with Crippen LogP contribution in [0.5, 0.6) is 0 Å². The van der Waals surface area contributed by atoms with Gasteiger partial charge in [-0.05, 0) is 24.1 Å². The molecule has 1 atom stereocenters. The molecule has 0 saturated carbocycles. The molecular weight excluding hydrogens is 140 g/mol. The van der Waals surface area contributed by atoms with E-state index >= 15 is 0 Å². The number of hydrogen-bond acceptors (Lipinski definition) is 2. The first-order valence-corrected chi connectivity index (χ1v) is 3.51. The van der Waals surface area contributed by atoms with E-state index in [2.05, 4.69) is 6.07 Å². The van der Waals surface area contributed by atoms with Gasteiger partial charge in [0.15, 0.2) is 0 Å². The third-order valence-electron chi connectivity index (χ3n) is 1.53. The summed E-state index contributed by atoms with van der Waals surface area (Å²) in [6, 6.07) is 8.25. The van der Waals surface area contributed by atoms with Crippen LogP contribution in [0.15, 0.2) is 18.2 Å². The maximum Gasteiger partial charge on any atom is 0.102 e. The third kappa shape index (κ3) is 2.03. The van der Waals surface area contributed by atoms with Crippen LogP contribution in [0.4, 0.5) is 0 Å². The van der Waals surface area contributed by atoms with Gasteiger partial charge < -0.3 is 10.2 Å². The molecule has 0 aliphatic carbocycles. The van der Waals surface area contributed by atoms with E-state index in [1.165, 1.54) is 0 Å². The van der Waals surface area contributed by atoms with Gasteiger partial charge in [-0.25, -0.2) is 0 Å². The molecule has 2 nitrogen and oxygen atoms in total. The smallest absolute Gasteiger partial charge is 0.102 e. The van der Waals surface area contributed by atoms with Crippen molar-refractivity contribution in [3.8, 4) is 0 Å². The maximum atomic E-state index is 9.19. The number of rotatable bonds is 2. The Morgan fingerprint density at radius 3 is 2.91 bits per heavy atom. The zero-order valence-electron chi connectivity index (χ0n) is 6.41. The van der Waals surface area contributed by atoms with E-state index in [0.29, 0.717) is 0 Å². The lowest BCUT2D eigenvalue weighted by Crippen LogP contribution is -2.02. The Morgan fingerprint density at radius 1 is 1.64 bits per heavy atom. The lowest BCUT2D eigenvalue weighted by molar-refractivity contribution is 0.0956. The van der Waals surface area contributed by atoms with Crippen molar-refractivity contribution in [2.75, 3.05) is 6.61 Å². The summed E-state index contributed by atoms with van der Waals surface area (Å²) in [7, 11) is 0. The topological polar surface area (TPSA) is 40.5 Å². The standard InChI is InChI=1S/C9H11O2/c1-7-3-2-4-8(5-7)9(11)6-10/h2,4-5,9-11H,6H2,1H3/t9-/m1/s1. The van der Waals surface area contributed by atoms with Crippen LogP contribution in [0.3, 0.4) is 0 Å². The molecule has 0 fully saturated rings. The van der Waals surface area contributed by atoms with Crippen LogP contribution < -0.4 is 0 Å². The van der Waals surface area contributed by atoms with Gasteiger partial charge in [0.25, 0.3) is 0 Å². The van der Waals surface area contributed by atoms with Crippen LogP contribution in [-0.4, -0.2) is 16.8 Å². The Morgan fingerprint density at radius 2 is 2.36 bits per heavy atom. The van der Waals surface area contributed by atoms with Crippen molar-refractivity contribution < 1.29 is 10.2 Å². The molecule has 11 heavy (non-hydrogen) atoms. The van der Waals surface area contributed by atoms with Crippen molar-refractivity contribution in [1.29, 1.82) is 0 Å². The lowest BCUT2D eigenvalue weighted by atomic mass is 10.1. The molecule has 0 spiro atoms. The van der Waals surface area contributed by atoms with Gasteiger partial charge in [-0.15, -0.1) is 0 Å². The molecule has 0 aliphatic heterocycles. The second kappa shape index (κ2) is 3.51. The van der Waals surface area contributed by atoms with Crippen LogP contribution in [0.2, 0.25) is 0 Å². The van der Waals surface area contributed by atoms with Gasteiger partial charge >= 0.3 is 0 Å². The molecule has 59 valence electrons. The molecule has 1 radical (unpaired) electrons. The zero-order valence-corrected chi connectivity index (χ0v) is 6.41. The largest absolute Gasteiger partial charge is 0.393 e. The fourth-order valence-corrected chi connectivity index (χ4v) is 0.922. The molecule has 0 aliphatic rings. The monoisotopic (exact) mass is 151 g/mol. The van der Waals surface area contributed by atoms with Crippen molar-refractivity contribution in [3.05, 3.63) is 35.4 Å². The van der Waals surface area contributed by atoms with Crippen molar-refractivity contribution >= 4 is 0 Å². The summed E-state index contributed by atoms with van der Waals surface area (Å²) in [5.41, 5.74) is 1.71. The Hall–Kier alpha value is -0.860. The quantitative estimate of drug-likeness (QED) is 0.657. The molecule has 2 heteroatoms. The average molecular weight is 151 g/mol. The molecule has 0 aromatic heterocycles. The van der Waals surface area contributed by atoms with Crippen molar-refractivity contribution in [2.24, 2.45) is 0 Å². The number of aliphatic hydroxyl groups is 2. The first kappa shape index (κ1) is 8.24. The van der Waals surface area contributed by atoms with Gasteiger partial charge in [0.2, 0.25) is 0 Å². The molecule has 1 rings (SSSR count). The minimum absolute atomic E-state index is 0.233. The summed E-state index contributed by atoms with van der Waals surface area (Å²) >= 11 is 0.